The maximum atomic E-state index is 9.18. The van der Waals surface area contributed by atoms with Gasteiger partial charge in [-0.15, -0.1) is 0 Å². The number of nitrogens with two attached hydrogens (primary N) is 2. The number of guanidine groups is 1. The zero-order chi connectivity index (χ0) is 11.2. The highest BCUT2D eigenvalue weighted by Gasteiger charge is 2.22. The van der Waals surface area contributed by atoms with Gasteiger partial charge in [0.1, 0.15) is 0 Å². The van der Waals surface area contributed by atoms with E-state index in [0.29, 0.717) is 12.5 Å². The summed E-state index contributed by atoms with van der Waals surface area (Å²) in [5.74, 6) is 0.456. The van der Waals surface area contributed by atoms with Crippen molar-refractivity contribution in [1.82, 2.24) is 0 Å². The molecule has 4 nitrogen and oxygen atoms in total. The fourth-order valence-corrected chi connectivity index (χ4v) is 1.34. The van der Waals surface area contributed by atoms with Gasteiger partial charge in [0.25, 0.3) is 0 Å². The summed E-state index contributed by atoms with van der Waals surface area (Å²) in [5, 5.41) is 9.18. The number of nitrogens with zero attached hydrogens (tertiary/aromatic N) is 1. The number of hydrogen-bond donors (Lipinski definition) is 3. The van der Waals surface area contributed by atoms with Gasteiger partial charge in [-0.05, 0) is 24.2 Å². The molecule has 0 aliphatic rings. The second-order valence-electron chi connectivity index (χ2n) is 4.69. The lowest BCUT2D eigenvalue weighted by Gasteiger charge is -2.28. The molecule has 0 amide bonds. The van der Waals surface area contributed by atoms with E-state index in [9.17, 15) is 5.11 Å². The molecule has 5 N–H and O–H groups in total. The highest BCUT2D eigenvalue weighted by atomic mass is 16.3. The minimum absolute atomic E-state index is 0.140. The van der Waals surface area contributed by atoms with Crippen molar-refractivity contribution in [2.45, 2.75) is 33.6 Å². The summed E-state index contributed by atoms with van der Waals surface area (Å²) in [4.78, 5) is 3.90. The molecular weight excluding hydrogens is 178 g/mol. The van der Waals surface area contributed by atoms with Gasteiger partial charge in [0.05, 0.1) is 0 Å². The SMILES string of the molecule is CC(C)(C)C(CO)CCCN=C(N)N. The molecule has 84 valence electrons. The van der Waals surface area contributed by atoms with E-state index in [-0.39, 0.29) is 18.0 Å². The van der Waals surface area contributed by atoms with E-state index in [0.717, 1.165) is 12.8 Å². The second kappa shape index (κ2) is 5.86. The lowest BCUT2D eigenvalue weighted by atomic mass is 9.79. The van der Waals surface area contributed by atoms with E-state index in [1.54, 1.807) is 0 Å². The van der Waals surface area contributed by atoms with Crippen LogP contribution in [0.1, 0.15) is 33.6 Å². The van der Waals surface area contributed by atoms with Crippen LogP contribution in [0.5, 0.6) is 0 Å². The summed E-state index contributed by atoms with van der Waals surface area (Å²) in [7, 11) is 0. The van der Waals surface area contributed by atoms with Crippen LogP contribution < -0.4 is 11.5 Å². The van der Waals surface area contributed by atoms with Crippen LogP contribution in [0.25, 0.3) is 0 Å². The minimum atomic E-state index is 0.140. The van der Waals surface area contributed by atoms with Crippen molar-refractivity contribution >= 4 is 5.96 Å². The Labute approximate surface area is 86.4 Å². The smallest absolute Gasteiger partial charge is 0.185 e. The van der Waals surface area contributed by atoms with Gasteiger partial charge in [-0.3, -0.25) is 4.99 Å². The normalized spacial score (nSPS) is 13.7. The number of aliphatic hydroxyl groups excluding tert-OH is 1. The Morgan fingerprint density at radius 1 is 1.36 bits per heavy atom. The molecule has 0 aliphatic heterocycles. The molecule has 1 unspecified atom stereocenters. The third-order valence-corrected chi connectivity index (χ3v) is 2.45. The average Bonchev–Trinajstić information content (AvgIpc) is 2.01. The van der Waals surface area contributed by atoms with Crippen LogP contribution in [-0.2, 0) is 0 Å². The summed E-state index contributed by atoms with van der Waals surface area (Å²) in [6.45, 7) is 7.28. The predicted octanol–water partition coefficient (Wildman–Crippen LogP) is 0.695. The first-order valence-electron chi connectivity index (χ1n) is 5.04. The van der Waals surface area contributed by atoms with Crippen LogP contribution >= 0.6 is 0 Å². The molecule has 0 bridgehead atoms. The largest absolute Gasteiger partial charge is 0.396 e. The van der Waals surface area contributed by atoms with Crippen molar-refractivity contribution in [2.75, 3.05) is 13.2 Å². The number of hydrogen-bond acceptors (Lipinski definition) is 2. The molecule has 0 saturated carbocycles. The second-order valence-corrected chi connectivity index (χ2v) is 4.69. The molecule has 0 aliphatic carbocycles. The highest BCUT2D eigenvalue weighted by Crippen LogP contribution is 2.28. The molecule has 0 saturated heterocycles. The Morgan fingerprint density at radius 2 is 1.93 bits per heavy atom. The number of rotatable bonds is 5. The van der Waals surface area contributed by atoms with Gasteiger partial charge in [0.15, 0.2) is 5.96 Å². The van der Waals surface area contributed by atoms with Crippen LogP contribution in [0.3, 0.4) is 0 Å². The topological polar surface area (TPSA) is 84.6 Å². The van der Waals surface area contributed by atoms with E-state index in [4.69, 9.17) is 11.5 Å². The predicted molar refractivity (Wildman–Crippen MR) is 59.9 cm³/mol. The van der Waals surface area contributed by atoms with Gasteiger partial charge >= 0.3 is 0 Å². The zero-order valence-corrected chi connectivity index (χ0v) is 9.45. The van der Waals surface area contributed by atoms with Crippen molar-refractivity contribution in [1.29, 1.82) is 0 Å². The Balaban J connectivity index is 3.81. The standard InChI is InChI=1S/C10H23N3O/c1-10(2,3)8(7-14)5-4-6-13-9(11)12/h8,14H,4-7H2,1-3H3,(H4,11,12,13). The third-order valence-electron chi connectivity index (χ3n) is 2.45. The minimum Gasteiger partial charge on any atom is -0.396 e. The molecule has 0 fully saturated rings. The van der Waals surface area contributed by atoms with E-state index in [1.807, 2.05) is 0 Å². The maximum absolute atomic E-state index is 9.18. The van der Waals surface area contributed by atoms with Crippen LogP contribution in [0.2, 0.25) is 0 Å². The average molecular weight is 201 g/mol. The fraction of sp³-hybridized carbons (Fsp3) is 0.900. The van der Waals surface area contributed by atoms with Gasteiger partial charge in [-0.25, -0.2) is 0 Å². The molecule has 1 atom stereocenters. The lowest BCUT2D eigenvalue weighted by Crippen LogP contribution is -2.25. The quantitative estimate of drug-likeness (QED) is 0.347. The summed E-state index contributed by atoms with van der Waals surface area (Å²) < 4.78 is 0. The monoisotopic (exact) mass is 201 g/mol. The molecule has 0 aromatic heterocycles. The molecular formula is C10H23N3O. The molecule has 0 heterocycles. The van der Waals surface area contributed by atoms with Crippen LogP contribution in [0.15, 0.2) is 4.99 Å². The van der Waals surface area contributed by atoms with Crippen LogP contribution in [0.4, 0.5) is 0 Å². The number of aliphatic hydroxyl groups is 1. The fourth-order valence-electron chi connectivity index (χ4n) is 1.34. The van der Waals surface area contributed by atoms with Crippen LogP contribution in [0, 0.1) is 11.3 Å². The van der Waals surface area contributed by atoms with E-state index < -0.39 is 0 Å². The van der Waals surface area contributed by atoms with Gasteiger partial charge in [0, 0.05) is 13.2 Å². The molecule has 0 aromatic carbocycles. The molecule has 0 spiro atoms. The zero-order valence-electron chi connectivity index (χ0n) is 9.45. The molecule has 4 heteroatoms. The van der Waals surface area contributed by atoms with Gasteiger partial charge < -0.3 is 16.6 Å². The van der Waals surface area contributed by atoms with Crippen molar-refractivity contribution < 1.29 is 5.11 Å². The third kappa shape index (κ3) is 5.80. The summed E-state index contributed by atoms with van der Waals surface area (Å²) in [6, 6.07) is 0. The van der Waals surface area contributed by atoms with Gasteiger partial charge in [0.2, 0.25) is 0 Å². The van der Waals surface area contributed by atoms with E-state index in [1.165, 1.54) is 0 Å². The lowest BCUT2D eigenvalue weighted by molar-refractivity contribution is 0.122. The summed E-state index contributed by atoms with van der Waals surface area (Å²) in [5.41, 5.74) is 10.6. The molecule has 0 rings (SSSR count). The molecule has 14 heavy (non-hydrogen) atoms. The van der Waals surface area contributed by atoms with Crippen molar-refractivity contribution in [3.05, 3.63) is 0 Å². The van der Waals surface area contributed by atoms with Crippen molar-refractivity contribution in [2.24, 2.45) is 27.8 Å². The van der Waals surface area contributed by atoms with Crippen molar-refractivity contribution in [3.63, 3.8) is 0 Å². The molecule has 0 aromatic rings. The van der Waals surface area contributed by atoms with Crippen LogP contribution in [-0.4, -0.2) is 24.2 Å². The first-order valence-corrected chi connectivity index (χ1v) is 5.04. The Hall–Kier alpha value is -0.770. The Bertz CT molecular complexity index is 180. The van der Waals surface area contributed by atoms with Gasteiger partial charge in [-0.1, -0.05) is 20.8 Å². The highest BCUT2D eigenvalue weighted by molar-refractivity contribution is 5.75. The first kappa shape index (κ1) is 13.2. The van der Waals surface area contributed by atoms with E-state index in [2.05, 4.69) is 25.8 Å². The summed E-state index contributed by atoms with van der Waals surface area (Å²) >= 11 is 0. The van der Waals surface area contributed by atoms with E-state index >= 15 is 0 Å². The summed E-state index contributed by atoms with van der Waals surface area (Å²) in [6.07, 6.45) is 1.87. The van der Waals surface area contributed by atoms with Gasteiger partial charge in [-0.2, -0.15) is 0 Å². The molecule has 0 radical (unpaired) electrons. The maximum Gasteiger partial charge on any atom is 0.185 e. The first-order chi connectivity index (χ1) is 6.38. The number of aliphatic imine (C=N–C) groups is 1. The Morgan fingerprint density at radius 3 is 2.29 bits per heavy atom. The Kier molecular flexibility index (Phi) is 5.53. The van der Waals surface area contributed by atoms with Crippen molar-refractivity contribution in [3.8, 4) is 0 Å².